The molecule has 0 bridgehead atoms. The van der Waals surface area contributed by atoms with Crippen LogP contribution in [0.3, 0.4) is 0 Å². The standard InChI is InChI=1S/C25H22N2O4/c28-23(18-11-3-4-12-19(18)25(30)31)27-22-14-6-5-13-20(22)24(29)26-21-15-7-9-16-8-1-2-10-17(16)21/h1-10,13-15,18-19H,11-12H2,(H,26,29)(H,27,28)(H,30,31)/p-1/t18-,19+/m0/s1. The Bertz CT molecular complexity index is 1180. The molecule has 0 aliphatic heterocycles. The third-order valence-electron chi connectivity index (χ3n) is 5.54. The van der Waals surface area contributed by atoms with Gasteiger partial charge in [-0.25, -0.2) is 0 Å². The van der Waals surface area contributed by atoms with Gasteiger partial charge in [0.15, 0.2) is 0 Å². The second-order valence-electron chi connectivity index (χ2n) is 7.49. The fourth-order valence-electron chi connectivity index (χ4n) is 3.90. The summed E-state index contributed by atoms with van der Waals surface area (Å²) in [6, 6.07) is 20.0. The molecular weight excluding hydrogens is 392 g/mol. The Morgan fingerprint density at radius 2 is 1.39 bits per heavy atom. The molecule has 0 unspecified atom stereocenters. The second kappa shape index (κ2) is 8.83. The van der Waals surface area contributed by atoms with Crippen LogP contribution in [0.4, 0.5) is 11.4 Å². The van der Waals surface area contributed by atoms with Crippen LogP contribution in [0.2, 0.25) is 0 Å². The Kier molecular flexibility index (Phi) is 5.80. The summed E-state index contributed by atoms with van der Waals surface area (Å²) < 4.78 is 0. The number of hydrogen-bond acceptors (Lipinski definition) is 4. The van der Waals surface area contributed by atoms with Crippen LogP contribution in [0.1, 0.15) is 23.2 Å². The lowest BCUT2D eigenvalue weighted by Gasteiger charge is -2.28. The number of aliphatic carboxylic acids is 1. The largest absolute Gasteiger partial charge is 0.550 e. The summed E-state index contributed by atoms with van der Waals surface area (Å²) in [5.74, 6) is -3.69. The first kappa shape index (κ1) is 20.3. The number of amides is 2. The summed E-state index contributed by atoms with van der Waals surface area (Å²) in [6.07, 6.45) is 4.11. The molecule has 0 fully saturated rings. The Morgan fingerprint density at radius 3 is 2.19 bits per heavy atom. The van der Waals surface area contributed by atoms with E-state index in [2.05, 4.69) is 10.6 Å². The average Bonchev–Trinajstić information content (AvgIpc) is 2.79. The van der Waals surface area contributed by atoms with E-state index >= 15 is 0 Å². The van der Waals surface area contributed by atoms with E-state index in [9.17, 15) is 19.5 Å². The van der Waals surface area contributed by atoms with Crippen molar-refractivity contribution in [2.45, 2.75) is 12.8 Å². The Labute approximate surface area is 179 Å². The molecule has 0 spiro atoms. The second-order valence-corrected chi connectivity index (χ2v) is 7.49. The molecule has 0 aromatic heterocycles. The molecular formula is C25H21N2O4-. The molecule has 2 amide bonds. The van der Waals surface area contributed by atoms with Crippen molar-refractivity contribution in [3.8, 4) is 0 Å². The lowest BCUT2D eigenvalue weighted by Crippen LogP contribution is -2.41. The number of allylic oxidation sites excluding steroid dienone is 2. The van der Waals surface area contributed by atoms with Gasteiger partial charge in [0, 0.05) is 23.0 Å². The van der Waals surface area contributed by atoms with E-state index in [0.29, 0.717) is 23.4 Å². The van der Waals surface area contributed by atoms with Crippen molar-refractivity contribution in [3.63, 3.8) is 0 Å². The highest BCUT2D eigenvalue weighted by atomic mass is 16.4. The number of carboxylic acid groups (broad SMARTS) is 1. The van der Waals surface area contributed by atoms with Gasteiger partial charge in [-0.2, -0.15) is 0 Å². The van der Waals surface area contributed by atoms with Crippen LogP contribution in [0.25, 0.3) is 10.8 Å². The van der Waals surface area contributed by atoms with E-state index in [4.69, 9.17) is 0 Å². The van der Waals surface area contributed by atoms with Gasteiger partial charge in [-0.3, -0.25) is 9.59 Å². The summed E-state index contributed by atoms with van der Waals surface area (Å²) in [5, 5.41) is 19.0. The van der Waals surface area contributed by atoms with Crippen molar-refractivity contribution in [3.05, 3.63) is 84.4 Å². The third-order valence-corrected chi connectivity index (χ3v) is 5.54. The quantitative estimate of drug-likeness (QED) is 0.627. The van der Waals surface area contributed by atoms with E-state index in [1.165, 1.54) is 0 Å². The van der Waals surface area contributed by atoms with Gasteiger partial charge in [0.2, 0.25) is 5.91 Å². The van der Waals surface area contributed by atoms with Crippen molar-refractivity contribution in [2.24, 2.45) is 11.8 Å². The SMILES string of the molecule is O=C(Nc1cccc2ccccc12)c1ccccc1NC(=O)[C@H]1CC=CC[C@H]1C(=O)[O-]. The molecule has 1 aliphatic carbocycles. The summed E-state index contributed by atoms with van der Waals surface area (Å²) in [5.41, 5.74) is 1.29. The fourth-order valence-corrected chi connectivity index (χ4v) is 3.90. The molecule has 4 rings (SSSR count). The molecule has 31 heavy (non-hydrogen) atoms. The summed E-state index contributed by atoms with van der Waals surface area (Å²) in [4.78, 5) is 37.3. The minimum Gasteiger partial charge on any atom is -0.550 e. The van der Waals surface area contributed by atoms with E-state index in [-0.39, 0.29) is 12.3 Å². The van der Waals surface area contributed by atoms with Crippen molar-refractivity contribution in [1.82, 2.24) is 0 Å². The zero-order chi connectivity index (χ0) is 21.8. The first-order valence-electron chi connectivity index (χ1n) is 10.1. The molecule has 1 aliphatic rings. The number of carbonyl (C=O) groups is 3. The molecule has 2 N–H and O–H groups in total. The van der Waals surface area contributed by atoms with Crippen molar-refractivity contribution in [2.75, 3.05) is 10.6 Å². The maximum atomic E-state index is 13.0. The minimum atomic E-state index is -1.24. The number of carbonyl (C=O) groups excluding carboxylic acids is 3. The zero-order valence-corrected chi connectivity index (χ0v) is 16.7. The lowest BCUT2D eigenvalue weighted by atomic mass is 9.82. The van der Waals surface area contributed by atoms with Gasteiger partial charge in [0.1, 0.15) is 0 Å². The Morgan fingerprint density at radius 1 is 0.742 bits per heavy atom. The number of fused-ring (bicyclic) bond motifs is 1. The maximum Gasteiger partial charge on any atom is 0.257 e. The summed E-state index contributed by atoms with van der Waals surface area (Å²) in [6.45, 7) is 0. The Balaban J connectivity index is 1.57. The number of nitrogens with one attached hydrogen (secondary N) is 2. The highest BCUT2D eigenvalue weighted by Gasteiger charge is 2.30. The first-order valence-corrected chi connectivity index (χ1v) is 10.1. The third kappa shape index (κ3) is 4.33. The molecule has 2 atom stereocenters. The monoisotopic (exact) mass is 413 g/mol. The van der Waals surface area contributed by atoms with Crippen LogP contribution in [-0.4, -0.2) is 17.8 Å². The zero-order valence-electron chi connectivity index (χ0n) is 16.7. The number of anilines is 2. The van der Waals surface area contributed by atoms with Gasteiger partial charge in [0.25, 0.3) is 5.91 Å². The lowest BCUT2D eigenvalue weighted by molar-refractivity contribution is -0.313. The predicted octanol–water partition coefficient (Wildman–Crippen LogP) is 3.36. The predicted molar refractivity (Wildman–Crippen MR) is 117 cm³/mol. The van der Waals surface area contributed by atoms with E-state index in [0.717, 1.165) is 10.8 Å². The highest BCUT2D eigenvalue weighted by molar-refractivity contribution is 6.13. The highest BCUT2D eigenvalue weighted by Crippen LogP contribution is 2.28. The van der Waals surface area contributed by atoms with E-state index in [1.54, 1.807) is 36.4 Å². The molecule has 3 aromatic rings. The molecule has 0 radical (unpaired) electrons. The summed E-state index contributed by atoms with van der Waals surface area (Å²) in [7, 11) is 0. The van der Waals surface area contributed by atoms with Crippen LogP contribution in [0, 0.1) is 11.8 Å². The molecule has 0 saturated carbocycles. The van der Waals surface area contributed by atoms with Crippen LogP contribution < -0.4 is 15.7 Å². The fraction of sp³-hybridized carbons (Fsp3) is 0.160. The number of benzene rings is 3. The average molecular weight is 413 g/mol. The molecule has 0 saturated heterocycles. The van der Waals surface area contributed by atoms with Crippen LogP contribution >= 0.6 is 0 Å². The number of carboxylic acids is 1. The van der Waals surface area contributed by atoms with Gasteiger partial charge < -0.3 is 20.5 Å². The smallest absolute Gasteiger partial charge is 0.257 e. The number of rotatable bonds is 5. The van der Waals surface area contributed by atoms with Crippen LogP contribution in [0.5, 0.6) is 0 Å². The normalized spacial score (nSPS) is 17.8. The molecule has 156 valence electrons. The van der Waals surface area contributed by atoms with Gasteiger partial charge in [0.05, 0.1) is 17.2 Å². The molecule has 6 heteroatoms. The molecule has 3 aromatic carbocycles. The van der Waals surface area contributed by atoms with Crippen molar-refractivity contribution in [1.29, 1.82) is 0 Å². The van der Waals surface area contributed by atoms with Crippen LogP contribution in [-0.2, 0) is 9.59 Å². The van der Waals surface area contributed by atoms with Gasteiger partial charge in [-0.1, -0.05) is 60.7 Å². The van der Waals surface area contributed by atoms with Crippen molar-refractivity contribution < 1.29 is 19.5 Å². The minimum absolute atomic E-state index is 0.254. The number of para-hydroxylation sites is 1. The maximum absolute atomic E-state index is 13.0. The van der Waals surface area contributed by atoms with E-state index < -0.39 is 23.7 Å². The molecule has 0 heterocycles. The van der Waals surface area contributed by atoms with E-state index in [1.807, 2.05) is 42.5 Å². The van der Waals surface area contributed by atoms with Gasteiger partial charge in [-0.15, -0.1) is 0 Å². The summed E-state index contributed by atoms with van der Waals surface area (Å²) >= 11 is 0. The topological polar surface area (TPSA) is 98.3 Å². The number of hydrogen-bond donors (Lipinski definition) is 2. The van der Waals surface area contributed by atoms with Crippen LogP contribution in [0.15, 0.2) is 78.9 Å². The Hall–Kier alpha value is -3.93. The van der Waals surface area contributed by atoms with Crippen molar-refractivity contribution >= 4 is 39.9 Å². The van der Waals surface area contributed by atoms with Gasteiger partial charge in [-0.05, 0) is 36.4 Å². The van der Waals surface area contributed by atoms with Gasteiger partial charge >= 0.3 is 0 Å². The molecule has 6 nitrogen and oxygen atoms in total. The first-order chi connectivity index (χ1) is 15.0.